The quantitative estimate of drug-likeness (QED) is 0.501. The van der Waals surface area contributed by atoms with Crippen molar-refractivity contribution in [1.29, 1.82) is 0 Å². The van der Waals surface area contributed by atoms with Gasteiger partial charge in [0.05, 0.1) is 14.9 Å². The van der Waals surface area contributed by atoms with E-state index < -0.39 is 5.91 Å². The summed E-state index contributed by atoms with van der Waals surface area (Å²) < 4.78 is 11.7. The first-order valence-electron chi connectivity index (χ1n) is 7.49. The molecule has 0 atom stereocenters. The topological polar surface area (TPSA) is 63.8 Å². The molecule has 3 aromatic rings. The summed E-state index contributed by atoms with van der Waals surface area (Å²) in [5.74, 6) is 1.04. The molecule has 128 valence electrons. The second-order valence-corrected chi connectivity index (χ2v) is 6.82. The molecule has 1 N–H and O–H groups in total. The molecule has 0 aliphatic rings. The van der Waals surface area contributed by atoms with Gasteiger partial charge in [0, 0.05) is 0 Å². The Balaban J connectivity index is 1.57. The lowest BCUT2D eigenvalue weighted by molar-refractivity contribution is 0.0923. The summed E-state index contributed by atoms with van der Waals surface area (Å²) >= 11 is 7.28. The summed E-state index contributed by atoms with van der Waals surface area (Å²) in [4.78, 5) is 13.0. The van der Waals surface area contributed by atoms with Gasteiger partial charge in [0.25, 0.3) is 0 Å². The molecule has 0 fully saturated rings. The number of amides is 1. The molecule has 1 amide bonds. The van der Waals surface area contributed by atoms with Crippen LogP contribution in [0.5, 0.6) is 5.75 Å². The van der Waals surface area contributed by atoms with Crippen LogP contribution in [0, 0.1) is 0 Å². The van der Waals surface area contributed by atoms with Crippen molar-refractivity contribution < 1.29 is 13.9 Å². The van der Waals surface area contributed by atoms with Crippen LogP contribution in [0.25, 0.3) is 0 Å². The van der Waals surface area contributed by atoms with Crippen LogP contribution < -0.4 is 10.2 Å². The first kappa shape index (κ1) is 17.3. The Morgan fingerprint density at radius 2 is 2.00 bits per heavy atom. The van der Waals surface area contributed by atoms with Crippen LogP contribution >= 0.6 is 22.9 Å². The van der Waals surface area contributed by atoms with Gasteiger partial charge in [0.15, 0.2) is 5.76 Å². The van der Waals surface area contributed by atoms with Crippen LogP contribution in [0.2, 0.25) is 4.34 Å². The number of para-hydroxylation sites is 1. The van der Waals surface area contributed by atoms with Gasteiger partial charge in [0.2, 0.25) is 0 Å². The summed E-state index contributed by atoms with van der Waals surface area (Å²) in [6.07, 6.45) is 0. The van der Waals surface area contributed by atoms with Crippen molar-refractivity contribution in [3.63, 3.8) is 0 Å². The zero-order valence-electron chi connectivity index (χ0n) is 13.4. The van der Waals surface area contributed by atoms with Crippen molar-refractivity contribution in [2.75, 3.05) is 0 Å². The Morgan fingerprint density at radius 1 is 1.20 bits per heavy atom. The number of hydrogen-bond acceptors (Lipinski definition) is 5. The summed E-state index contributed by atoms with van der Waals surface area (Å²) in [6, 6.07) is 16.3. The van der Waals surface area contributed by atoms with Crippen LogP contribution in [0.3, 0.4) is 0 Å². The van der Waals surface area contributed by atoms with Crippen molar-refractivity contribution in [3.8, 4) is 5.75 Å². The molecule has 25 heavy (non-hydrogen) atoms. The fourth-order valence-corrected chi connectivity index (χ4v) is 2.99. The smallest absolute Gasteiger partial charge is 0.307 e. The number of rotatable bonds is 6. The summed E-state index contributed by atoms with van der Waals surface area (Å²) in [6.45, 7) is 2.04. The van der Waals surface area contributed by atoms with Crippen molar-refractivity contribution in [1.82, 2.24) is 5.43 Å². The third kappa shape index (κ3) is 4.71. The second kappa shape index (κ2) is 8.00. The first-order chi connectivity index (χ1) is 12.1. The van der Waals surface area contributed by atoms with Gasteiger partial charge in [-0.05, 0) is 43.3 Å². The third-order valence-corrected chi connectivity index (χ3v) is 4.60. The number of ether oxygens (including phenoxy) is 1. The Labute approximate surface area is 153 Å². The molecule has 0 unspecified atom stereocenters. The van der Waals surface area contributed by atoms with Gasteiger partial charge in [-0.1, -0.05) is 29.8 Å². The molecule has 5 nitrogen and oxygen atoms in total. The number of nitrogens with one attached hydrogen (secondary N) is 1. The number of carbonyl (C=O) groups excluding carboxylic acids is 1. The average Bonchev–Trinajstić information content (AvgIpc) is 3.27. The number of thiophene rings is 1. The number of hydrogen-bond donors (Lipinski definition) is 1. The molecule has 0 aliphatic carbocycles. The maximum Gasteiger partial charge on any atom is 0.307 e. The number of furan rings is 1. The lowest BCUT2D eigenvalue weighted by Gasteiger charge is -2.03. The minimum absolute atomic E-state index is 0.174. The molecule has 0 saturated carbocycles. The van der Waals surface area contributed by atoms with Gasteiger partial charge in [-0.3, -0.25) is 4.79 Å². The Kier molecular flexibility index (Phi) is 5.53. The summed E-state index contributed by atoms with van der Waals surface area (Å²) in [7, 11) is 0. The number of benzene rings is 1. The van der Waals surface area contributed by atoms with Gasteiger partial charge in [-0.2, -0.15) is 5.10 Å². The van der Waals surface area contributed by atoms with E-state index in [9.17, 15) is 4.79 Å². The van der Waals surface area contributed by atoms with Gasteiger partial charge in [0.1, 0.15) is 18.1 Å². The van der Waals surface area contributed by atoms with E-state index in [0.29, 0.717) is 15.8 Å². The highest BCUT2D eigenvalue weighted by Crippen LogP contribution is 2.21. The molecular weight excluding hydrogens is 360 g/mol. The van der Waals surface area contributed by atoms with Crippen LogP contribution in [0.15, 0.2) is 64.1 Å². The van der Waals surface area contributed by atoms with E-state index in [4.69, 9.17) is 20.8 Å². The average molecular weight is 375 g/mol. The van der Waals surface area contributed by atoms with Crippen LogP contribution in [-0.4, -0.2) is 11.6 Å². The first-order valence-corrected chi connectivity index (χ1v) is 8.68. The maximum absolute atomic E-state index is 12.1. The van der Waals surface area contributed by atoms with Gasteiger partial charge in [-0.25, -0.2) is 5.43 Å². The highest BCUT2D eigenvalue weighted by molar-refractivity contribution is 7.18. The third-order valence-electron chi connectivity index (χ3n) is 3.26. The van der Waals surface area contributed by atoms with Crippen molar-refractivity contribution in [2.24, 2.45) is 5.10 Å². The van der Waals surface area contributed by atoms with Crippen LogP contribution in [-0.2, 0) is 6.61 Å². The minimum atomic E-state index is -0.423. The molecule has 3 rings (SSSR count). The normalized spacial score (nSPS) is 11.4. The van der Waals surface area contributed by atoms with E-state index >= 15 is 0 Å². The lowest BCUT2D eigenvalue weighted by atomic mass is 10.3. The van der Waals surface area contributed by atoms with E-state index in [0.717, 1.165) is 10.6 Å². The molecular formula is C18H15ClN2O3S. The molecule has 0 spiro atoms. The van der Waals surface area contributed by atoms with E-state index in [1.165, 1.54) is 11.3 Å². The Bertz CT molecular complexity index is 887. The fourth-order valence-electron chi connectivity index (χ4n) is 2.00. The highest BCUT2D eigenvalue weighted by Gasteiger charge is 2.11. The molecule has 7 heteroatoms. The van der Waals surface area contributed by atoms with Gasteiger partial charge >= 0.3 is 5.91 Å². The molecule has 1 aromatic carbocycles. The minimum Gasteiger partial charge on any atom is -0.486 e. The molecule has 0 saturated heterocycles. The van der Waals surface area contributed by atoms with Crippen LogP contribution in [0.4, 0.5) is 0 Å². The molecule has 0 aliphatic heterocycles. The second-order valence-electron chi connectivity index (χ2n) is 5.11. The van der Waals surface area contributed by atoms with E-state index in [1.807, 2.05) is 36.4 Å². The largest absolute Gasteiger partial charge is 0.486 e. The number of halogens is 1. The predicted molar refractivity (Wildman–Crippen MR) is 98.5 cm³/mol. The Hall–Kier alpha value is -2.57. The highest BCUT2D eigenvalue weighted by atomic mass is 35.5. The van der Waals surface area contributed by atoms with Crippen molar-refractivity contribution in [3.05, 3.63) is 75.3 Å². The maximum atomic E-state index is 12.1. The van der Waals surface area contributed by atoms with Crippen molar-refractivity contribution >= 4 is 34.6 Å². The SMILES string of the molecule is C/C(=N/NC(=O)c1ccc(COc2ccccc2)o1)c1ccc(Cl)s1. The van der Waals surface area contributed by atoms with Gasteiger partial charge < -0.3 is 9.15 Å². The van der Waals surface area contributed by atoms with Gasteiger partial charge in [-0.15, -0.1) is 11.3 Å². The van der Waals surface area contributed by atoms with Crippen molar-refractivity contribution in [2.45, 2.75) is 13.5 Å². The summed E-state index contributed by atoms with van der Waals surface area (Å²) in [5.41, 5.74) is 3.14. The Morgan fingerprint density at radius 3 is 2.72 bits per heavy atom. The summed E-state index contributed by atoms with van der Waals surface area (Å²) in [5, 5.41) is 4.06. The molecule has 0 radical (unpaired) electrons. The monoisotopic (exact) mass is 374 g/mol. The lowest BCUT2D eigenvalue weighted by Crippen LogP contribution is -2.18. The van der Waals surface area contributed by atoms with E-state index in [-0.39, 0.29) is 12.4 Å². The van der Waals surface area contributed by atoms with Crippen LogP contribution in [0.1, 0.15) is 28.1 Å². The zero-order chi connectivity index (χ0) is 17.6. The number of hydrazone groups is 1. The molecule has 0 bridgehead atoms. The predicted octanol–water partition coefficient (Wildman–Crippen LogP) is 4.73. The number of nitrogens with zero attached hydrogens (tertiary/aromatic N) is 1. The van der Waals surface area contributed by atoms with E-state index in [1.54, 1.807) is 25.1 Å². The molecule has 2 heterocycles. The molecule has 2 aromatic heterocycles. The zero-order valence-corrected chi connectivity index (χ0v) is 14.9. The number of carbonyl (C=O) groups is 1. The van der Waals surface area contributed by atoms with E-state index in [2.05, 4.69) is 10.5 Å². The fraction of sp³-hybridized carbons (Fsp3) is 0.111. The standard InChI is InChI=1S/C18H15ClN2O3S/c1-12(16-9-10-17(19)25-16)20-21-18(22)15-8-7-14(24-15)11-23-13-5-3-2-4-6-13/h2-10H,11H2,1H3,(H,21,22)/b20-12-.